The highest BCUT2D eigenvalue weighted by atomic mass is 32.1. The van der Waals surface area contributed by atoms with Crippen molar-refractivity contribution < 1.29 is 0 Å². The molecule has 0 aliphatic rings. The van der Waals surface area contributed by atoms with Gasteiger partial charge in [-0.15, -0.1) is 11.3 Å². The van der Waals surface area contributed by atoms with E-state index in [9.17, 15) is 0 Å². The second kappa shape index (κ2) is 9.59. The maximum atomic E-state index is 4.97. The van der Waals surface area contributed by atoms with Gasteiger partial charge in [-0.25, -0.2) is 4.98 Å². The zero-order chi connectivity index (χ0) is 26.6. The summed E-state index contributed by atoms with van der Waals surface area (Å²) in [4.78, 5) is 8.59. The molecule has 0 fully saturated rings. The lowest BCUT2D eigenvalue weighted by atomic mass is 9.96. The summed E-state index contributed by atoms with van der Waals surface area (Å²) < 4.78 is 1.31. The Morgan fingerprint density at radius 2 is 1.58 bits per heavy atom. The Morgan fingerprint density at radius 1 is 0.842 bits per heavy atom. The van der Waals surface area contributed by atoms with E-state index in [1.807, 2.05) is 0 Å². The van der Waals surface area contributed by atoms with E-state index in [-0.39, 0.29) is 0 Å². The Bertz CT molecular complexity index is 1830. The van der Waals surface area contributed by atoms with Crippen LogP contribution in [0.4, 0.5) is 0 Å². The summed E-state index contributed by atoms with van der Waals surface area (Å²) in [5.74, 6) is 1.99. The van der Waals surface area contributed by atoms with Crippen LogP contribution < -0.4 is 5.32 Å². The number of hydrogen-bond donors (Lipinski definition) is 2. The molecule has 3 nitrogen and oxygen atoms in total. The molecule has 0 spiro atoms. The van der Waals surface area contributed by atoms with Crippen LogP contribution in [0.2, 0.25) is 0 Å². The van der Waals surface area contributed by atoms with Gasteiger partial charge in [0.25, 0.3) is 0 Å². The molecule has 0 aliphatic carbocycles. The molecule has 0 saturated carbocycles. The largest absolute Gasteiger partial charge is 0.382 e. The minimum absolute atomic E-state index is 0.363. The Labute approximate surface area is 228 Å². The summed E-state index contributed by atoms with van der Waals surface area (Å²) in [5.41, 5.74) is 7.13. The molecule has 0 radical (unpaired) electrons. The number of hydrogen-bond acceptors (Lipinski definition) is 3. The van der Waals surface area contributed by atoms with Gasteiger partial charge >= 0.3 is 0 Å². The van der Waals surface area contributed by atoms with Crippen LogP contribution in [0, 0.1) is 5.92 Å². The Morgan fingerprint density at radius 3 is 2.34 bits per heavy atom. The first-order chi connectivity index (χ1) is 18.3. The summed E-state index contributed by atoms with van der Waals surface area (Å²) in [7, 11) is 0. The van der Waals surface area contributed by atoms with Crippen molar-refractivity contribution in [2.24, 2.45) is 5.92 Å². The maximum absolute atomic E-state index is 4.97. The summed E-state index contributed by atoms with van der Waals surface area (Å²) in [6.45, 7) is 13.2. The molecule has 0 saturated heterocycles. The number of imidazole rings is 1. The fourth-order valence-electron chi connectivity index (χ4n) is 5.23. The maximum Gasteiger partial charge on any atom is 0.109 e. The molecular formula is C34H35N3S. The third-order valence-electron chi connectivity index (χ3n) is 7.88. The fourth-order valence-corrected chi connectivity index (χ4v) is 6.15. The number of benzene rings is 4. The molecule has 0 bridgehead atoms. The number of fused-ring (bicyclic) bond motifs is 7. The quantitative estimate of drug-likeness (QED) is 0.231. The van der Waals surface area contributed by atoms with Gasteiger partial charge in [0.05, 0.1) is 11.0 Å². The Kier molecular flexibility index (Phi) is 6.23. The highest BCUT2D eigenvalue weighted by Gasteiger charge is 2.16. The molecule has 1 unspecified atom stereocenters. The van der Waals surface area contributed by atoms with Gasteiger partial charge in [-0.2, -0.15) is 0 Å². The number of nitrogens with one attached hydrogen (secondary N) is 2. The van der Waals surface area contributed by atoms with Gasteiger partial charge in [0.15, 0.2) is 0 Å². The zero-order valence-corrected chi connectivity index (χ0v) is 23.8. The monoisotopic (exact) mass is 517 g/mol. The smallest absolute Gasteiger partial charge is 0.109 e. The number of nitrogens with zero attached hydrogens (tertiary/aromatic N) is 1. The van der Waals surface area contributed by atoms with E-state index < -0.39 is 0 Å². The predicted molar refractivity (Wildman–Crippen MR) is 167 cm³/mol. The topological polar surface area (TPSA) is 40.7 Å². The number of rotatable bonds is 6. The van der Waals surface area contributed by atoms with E-state index in [1.54, 1.807) is 11.3 Å². The van der Waals surface area contributed by atoms with Gasteiger partial charge in [0, 0.05) is 38.5 Å². The first kappa shape index (κ1) is 24.7. The molecular weight excluding hydrogens is 482 g/mol. The highest BCUT2D eigenvalue weighted by Crippen LogP contribution is 2.39. The van der Waals surface area contributed by atoms with Gasteiger partial charge in [0.1, 0.15) is 5.82 Å². The van der Waals surface area contributed by atoms with Gasteiger partial charge < -0.3 is 10.3 Å². The van der Waals surface area contributed by atoms with Crippen molar-refractivity contribution in [1.29, 1.82) is 0 Å². The molecule has 2 N–H and O–H groups in total. The highest BCUT2D eigenvalue weighted by molar-refractivity contribution is 7.18. The standard InChI is InChI=1S/C34H35N3S/c1-7-30(35-21(6)19(2)3)26-11-10-22-16-23(8-9-24(22)17-26)25-12-13-27-29(18-25)33-28(14-15-38-33)32-31(27)36-34(37-32)20(4)5/h7-21,35H,1-6H3,(H,36,37)/b30-7-. The number of H-pyrrole nitrogens is 1. The summed E-state index contributed by atoms with van der Waals surface area (Å²) in [6.07, 6.45) is 2.18. The lowest BCUT2D eigenvalue weighted by Gasteiger charge is -2.21. The van der Waals surface area contributed by atoms with E-state index >= 15 is 0 Å². The Balaban J connectivity index is 1.42. The number of aromatic nitrogens is 2. The second-order valence-corrected chi connectivity index (χ2v) is 12.0. The molecule has 6 aromatic rings. The molecule has 192 valence electrons. The van der Waals surface area contributed by atoms with Crippen LogP contribution in [0.25, 0.3) is 59.5 Å². The molecule has 0 aliphatic heterocycles. The summed E-state index contributed by atoms with van der Waals surface area (Å²) >= 11 is 1.80. The predicted octanol–water partition coefficient (Wildman–Crippen LogP) is 9.87. The number of allylic oxidation sites excluding steroid dienone is 1. The third-order valence-corrected chi connectivity index (χ3v) is 8.83. The average molecular weight is 518 g/mol. The number of thiophene rings is 1. The molecule has 2 heterocycles. The minimum Gasteiger partial charge on any atom is -0.382 e. The van der Waals surface area contributed by atoms with Crippen LogP contribution in [0.15, 0.2) is 72.1 Å². The van der Waals surface area contributed by atoms with Crippen LogP contribution in [0.3, 0.4) is 0 Å². The Hall–Kier alpha value is -3.63. The van der Waals surface area contributed by atoms with E-state index in [2.05, 4.69) is 124 Å². The minimum atomic E-state index is 0.363. The average Bonchev–Trinajstić information content (AvgIpc) is 3.59. The molecule has 38 heavy (non-hydrogen) atoms. The van der Waals surface area contributed by atoms with Crippen molar-refractivity contribution in [3.63, 3.8) is 0 Å². The SMILES string of the molecule is C/C=C(\NC(C)C(C)C)c1ccc2cc(-c3ccc4c(c3)c3sccc3c3nc(C(C)C)[nH]c43)ccc2c1. The van der Waals surface area contributed by atoms with Crippen molar-refractivity contribution in [3.05, 3.63) is 83.5 Å². The molecule has 2 aromatic heterocycles. The second-order valence-electron chi connectivity index (χ2n) is 11.1. The third kappa shape index (κ3) is 4.17. The van der Waals surface area contributed by atoms with Crippen molar-refractivity contribution in [3.8, 4) is 11.1 Å². The molecule has 4 heteroatoms. The summed E-state index contributed by atoms with van der Waals surface area (Å²) in [5, 5.41) is 12.2. The first-order valence-corrected chi connectivity index (χ1v) is 14.5. The van der Waals surface area contributed by atoms with Crippen molar-refractivity contribution >= 4 is 59.7 Å². The van der Waals surface area contributed by atoms with Crippen molar-refractivity contribution in [2.45, 2.75) is 53.5 Å². The first-order valence-electron chi connectivity index (χ1n) is 13.6. The van der Waals surface area contributed by atoms with Gasteiger partial charge in [-0.1, -0.05) is 70.2 Å². The van der Waals surface area contributed by atoms with Crippen LogP contribution in [0.5, 0.6) is 0 Å². The molecule has 4 aromatic carbocycles. The summed E-state index contributed by atoms with van der Waals surface area (Å²) in [6, 6.07) is 23.1. The van der Waals surface area contributed by atoms with Crippen LogP contribution in [-0.4, -0.2) is 16.0 Å². The van der Waals surface area contributed by atoms with Gasteiger partial charge in [-0.3, -0.25) is 0 Å². The van der Waals surface area contributed by atoms with Crippen LogP contribution in [0.1, 0.15) is 58.8 Å². The van der Waals surface area contributed by atoms with E-state index in [0.717, 1.165) is 16.9 Å². The fraction of sp³-hybridized carbons (Fsp3) is 0.265. The van der Waals surface area contributed by atoms with Crippen LogP contribution in [-0.2, 0) is 0 Å². The van der Waals surface area contributed by atoms with Gasteiger partial charge in [-0.05, 0) is 76.9 Å². The van der Waals surface area contributed by atoms with E-state index in [0.29, 0.717) is 17.9 Å². The van der Waals surface area contributed by atoms with Crippen molar-refractivity contribution in [2.75, 3.05) is 0 Å². The molecule has 6 rings (SSSR count). The van der Waals surface area contributed by atoms with E-state index in [1.165, 1.54) is 54.0 Å². The zero-order valence-electron chi connectivity index (χ0n) is 23.0. The lowest BCUT2D eigenvalue weighted by Crippen LogP contribution is -2.29. The molecule has 0 amide bonds. The van der Waals surface area contributed by atoms with Crippen LogP contribution >= 0.6 is 11.3 Å². The van der Waals surface area contributed by atoms with Crippen molar-refractivity contribution in [1.82, 2.24) is 15.3 Å². The van der Waals surface area contributed by atoms with Gasteiger partial charge in [0.2, 0.25) is 0 Å². The normalized spacial score (nSPS) is 13.5. The molecule has 1 atom stereocenters. The lowest BCUT2D eigenvalue weighted by molar-refractivity contribution is 0.480. The number of aromatic amines is 1. The van der Waals surface area contributed by atoms with E-state index in [4.69, 9.17) is 4.98 Å².